The molecule has 27 heavy (non-hydrogen) atoms. The Balaban J connectivity index is 1.86. The number of fused-ring (bicyclic) bond motifs is 1. The first-order chi connectivity index (χ1) is 13.0. The Kier molecular flexibility index (Phi) is 5.39. The van der Waals surface area contributed by atoms with Crippen molar-refractivity contribution in [1.29, 1.82) is 0 Å². The number of amides is 2. The Bertz CT molecular complexity index is 910. The molecule has 3 rings (SSSR count). The Morgan fingerprint density at radius 3 is 2.67 bits per heavy atom. The minimum Gasteiger partial charge on any atom is -0.480 e. The van der Waals surface area contributed by atoms with Crippen molar-refractivity contribution in [3.8, 4) is 0 Å². The van der Waals surface area contributed by atoms with E-state index in [1.165, 1.54) is 4.90 Å². The molecule has 2 heterocycles. The summed E-state index contributed by atoms with van der Waals surface area (Å²) in [5.74, 6) is -0.685. The lowest BCUT2D eigenvalue weighted by atomic mass is 10.1. The highest BCUT2D eigenvalue weighted by atomic mass is 16.4. The van der Waals surface area contributed by atoms with Gasteiger partial charge < -0.3 is 20.6 Å². The molecule has 0 radical (unpaired) electrons. The highest BCUT2D eigenvalue weighted by molar-refractivity contribution is 5.80. The Hall–Kier alpha value is -3.36. The van der Waals surface area contributed by atoms with Gasteiger partial charge in [-0.25, -0.2) is 9.78 Å². The molecule has 1 aliphatic rings. The number of urea groups is 1. The van der Waals surface area contributed by atoms with E-state index in [0.29, 0.717) is 36.7 Å². The third kappa shape index (κ3) is 4.08. The van der Waals surface area contributed by atoms with Gasteiger partial charge in [0, 0.05) is 19.2 Å². The Labute approximate surface area is 155 Å². The third-order valence-corrected chi connectivity index (χ3v) is 4.41. The average Bonchev–Trinajstić information content (AvgIpc) is 2.68. The molecule has 0 fully saturated rings. The molecular weight excluding hydrogens is 350 g/mol. The molecule has 0 saturated carbocycles. The second kappa shape index (κ2) is 7.90. The van der Waals surface area contributed by atoms with E-state index in [-0.39, 0.29) is 12.1 Å². The second-order valence-corrected chi connectivity index (χ2v) is 6.21. The number of hydrogen-bond acceptors (Lipinski definition) is 5. The maximum absolute atomic E-state index is 13.0. The number of benzene rings is 1. The summed E-state index contributed by atoms with van der Waals surface area (Å²) in [4.78, 5) is 41.7. The van der Waals surface area contributed by atoms with E-state index >= 15 is 0 Å². The average molecular weight is 371 g/mol. The summed E-state index contributed by atoms with van der Waals surface area (Å²) in [6, 6.07) is 9.15. The number of hydrogen-bond donors (Lipinski definition) is 3. The van der Waals surface area contributed by atoms with Crippen molar-refractivity contribution >= 4 is 17.9 Å². The SMILES string of the molecule is CNc1nc2c(c(=O)n1Cc1ccccc1)CCN(C(=O)NCC(=O)O)C2. The minimum absolute atomic E-state index is 0.126. The smallest absolute Gasteiger partial charge is 0.323 e. The van der Waals surface area contributed by atoms with Crippen LogP contribution >= 0.6 is 0 Å². The van der Waals surface area contributed by atoms with E-state index in [0.717, 1.165) is 5.56 Å². The zero-order valence-electron chi connectivity index (χ0n) is 14.9. The van der Waals surface area contributed by atoms with Crippen LogP contribution in [0.4, 0.5) is 10.7 Å². The van der Waals surface area contributed by atoms with E-state index in [2.05, 4.69) is 15.6 Å². The molecule has 1 aromatic heterocycles. The van der Waals surface area contributed by atoms with Crippen LogP contribution in [0.2, 0.25) is 0 Å². The number of carbonyl (C=O) groups is 2. The molecule has 0 saturated heterocycles. The molecule has 1 aromatic carbocycles. The number of anilines is 1. The van der Waals surface area contributed by atoms with Crippen molar-refractivity contribution in [2.45, 2.75) is 19.5 Å². The zero-order valence-corrected chi connectivity index (χ0v) is 14.9. The Morgan fingerprint density at radius 2 is 2.00 bits per heavy atom. The van der Waals surface area contributed by atoms with Crippen LogP contribution < -0.4 is 16.2 Å². The van der Waals surface area contributed by atoms with Crippen molar-refractivity contribution in [2.24, 2.45) is 0 Å². The lowest BCUT2D eigenvalue weighted by Gasteiger charge is -2.28. The molecule has 0 spiro atoms. The van der Waals surface area contributed by atoms with Crippen LogP contribution in [0, 0.1) is 0 Å². The van der Waals surface area contributed by atoms with E-state index in [1.807, 2.05) is 30.3 Å². The van der Waals surface area contributed by atoms with Gasteiger partial charge in [0.15, 0.2) is 0 Å². The van der Waals surface area contributed by atoms with Crippen molar-refractivity contribution in [1.82, 2.24) is 19.8 Å². The molecule has 0 bridgehead atoms. The van der Waals surface area contributed by atoms with Gasteiger partial charge in [0.25, 0.3) is 5.56 Å². The first kappa shape index (κ1) is 18.4. The lowest BCUT2D eigenvalue weighted by molar-refractivity contribution is -0.135. The van der Waals surface area contributed by atoms with Gasteiger partial charge in [-0.2, -0.15) is 0 Å². The predicted molar refractivity (Wildman–Crippen MR) is 98.7 cm³/mol. The van der Waals surface area contributed by atoms with Crippen LogP contribution in [0.5, 0.6) is 0 Å². The molecule has 9 nitrogen and oxygen atoms in total. The predicted octanol–water partition coefficient (Wildman–Crippen LogP) is 0.486. The number of nitrogens with one attached hydrogen (secondary N) is 2. The summed E-state index contributed by atoms with van der Waals surface area (Å²) in [5, 5.41) is 14.0. The number of carbonyl (C=O) groups excluding carboxylic acids is 1. The normalized spacial score (nSPS) is 13.0. The third-order valence-electron chi connectivity index (χ3n) is 4.41. The Morgan fingerprint density at radius 1 is 1.26 bits per heavy atom. The number of aliphatic carboxylic acids is 1. The van der Waals surface area contributed by atoms with E-state index in [4.69, 9.17) is 5.11 Å². The topological polar surface area (TPSA) is 117 Å². The molecule has 9 heteroatoms. The molecule has 3 N–H and O–H groups in total. The monoisotopic (exact) mass is 371 g/mol. The fraction of sp³-hybridized carbons (Fsp3) is 0.333. The quantitative estimate of drug-likeness (QED) is 0.704. The zero-order chi connectivity index (χ0) is 19.4. The van der Waals surface area contributed by atoms with Gasteiger partial charge in [0.05, 0.1) is 18.8 Å². The first-order valence-corrected chi connectivity index (χ1v) is 8.58. The van der Waals surface area contributed by atoms with Gasteiger partial charge in [0.1, 0.15) is 6.54 Å². The van der Waals surface area contributed by atoms with Crippen molar-refractivity contribution in [3.05, 3.63) is 57.5 Å². The molecule has 2 amide bonds. The molecule has 2 aromatic rings. The summed E-state index contributed by atoms with van der Waals surface area (Å²) in [6.45, 7) is 0.450. The maximum Gasteiger partial charge on any atom is 0.323 e. The van der Waals surface area contributed by atoms with Gasteiger partial charge in [-0.05, 0) is 12.0 Å². The van der Waals surface area contributed by atoms with Crippen LogP contribution in [0.15, 0.2) is 35.1 Å². The number of carboxylic acid groups (broad SMARTS) is 1. The standard InChI is InChI=1S/C18H21N5O4/c1-19-17-21-14-11-22(18(27)20-9-15(24)25)8-7-13(14)16(26)23(17)10-12-5-3-2-4-6-12/h2-6H,7-11H2,1H3,(H,19,21)(H,20,27)(H,24,25). The van der Waals surface area contributed by atoms with E-state index in [1.54, 1.807) is 11.6 Å². The number of nitrogens with zero attached hydrogens (tertiary/aromatic N) is 3. The molecule has 0 unspecified atom stereocenters. The van der Waals surface area contributed by atoms with Crippen LogP contribution in [0.25, 0.3) is 0 Å². The molecule has 142 valence electrons. The van der Waals surface area contributed by atoms with Crippen LogP contribution in [0.3, 0.4) is 0 Å². The molecule has 1 aliphatic heterocycles. The molecule has 0 atom stereocenters. The maximum atomic E-state index is 13.0. The van der Waals surface area contributed by atoms with Gasteiger partial charge in [-0.3, -0.25) is 14.2 Å². The second-order valence-electron chi connectivity index (χ2n) is 6.21. The van der Waals surface area contributed by atoms with E-state index in [9.17, 15) is 14.4 Å². The van der Waals surface area contributed by atoms with E-state index < -0.39 is 18.5 Å². The number of rotatable bonds is 5. The van der Waals surface area contributed by atoms with Crippen LogP contribution in [-0.2, 0) is 24.3 Å². The van der Waals surface area contributed by atoms with Gasteiger partial charge in [-0.15, -0.1) is 0 Å². The summed E-state index contributed by atoms with van der Waals surface area (Å²) >= 11 is 0. The summed E-state index contributed by atoms with van der Waals surface area (Å²) < 4.78 is 1.59. The van der Waals surface area contributed by atoms with Crippen LogP contribution in [0.1, 0.15) is 16.8 Å². The number of aromatic nitrogens is 2. The fourth-order valence-electron chi connectivity index (χ4n) is 3.07. The van der Waals surface area contributed by atoms with Gasteiger partial charge >= 0.3 is 12.0 Å². The largest absolute Gasteiger partial charge is 0.480 e. The fourth-order valence-corrected chi connectivity index (χ4v) is 3.07. The highest BCUT2D eigenvalue weighted by Crippen LogP contribution is 2.17. The van der Waals surface area contributed by atoms with Crippen molar-refractivity contribution < 1.29 is 14.7 Å². The summed E-state index contributed by atoms with van der Waals surface area (Å²) in [7, 11) is 1.69. The van der Waals surface area contributed by atoms with Gasteiger partial charge in [-0.1, -0.05) is 30.3 Å². The molecular formula is C18H21N5O4. The van der Waals surface area contributed by atoms with Crippen LogP contribution in [-0.4, -0.2) is 51.7 Å². The summed E-state index contributed by atoms with van der Waals surface area (Å²) in [5.41, 5.74) is 1.99. The lowest BCUT2D eigenvalue weighted by Crippen LogP contribution is -2.46. The first-order valence-electron chi connectivity index (χ1n) is 8.58. The van der Waals surface area contributed by atoms with Crippen molar-refractivity contribution in [2.75, 3.05) is 25.5 Å². The highest BCUT2D eigenvalue weighted by Gasteiger charge is 2.26. The van der Waals surface area contributed by atoms with Gasteiger partial charge in [0.2, 0.25) is 5.95 Å². The van der Waals surface area contributed by atoms with Crippen molar-refractivity contribution in [3.63, 3.8) is 0 Å². The number of carboxylic acids is 1. The molecule has 0 aliphatic carbocycles. The minimum atomic E-state index is -1.11. The summed E-state index contributed by atoms with van der Waals surface area (Å²) in [6.07, 6.45) is 0.375.